The number of halogens is 1. The highest BCUT2D eigenvalue weighted by molar-refractivity contribution is 5.56. The van der Waals surface area contributed by atoms with Crippen molar-refractivity contribution < 1.29 is 4.39 Å². The molecule has 0 aliphatic rings. The van der Waals surface area contributed by atoms with Gasteiger partial charge in [0, 0.05) is 11.9 Å². The first-order chi connectivity index (χ1) is 8.29. The van der Waals surface area contributed by atoms with Crippen LogP contribution in [0.1, 0.15) is 5.56 Å². The maximum atomic E-state index is 13.3. The number of rotatable bonds is 4. The summed E-state index contributed by atoms with van der Waals surface area (Å²) in [5.41, 5.74) is 7.44. The van der Waals surface area contributed by atoms with Gasteiger partial charge in [-0.3, -0.25) is 0 Å². The second-order valence-corrected chi connectivity index (χ2v) is 3.69. The van der Waals surface area contributed by atoms with Gasteiger partial charge in [0.25, 0.3) is 0 Å². The van der Waals surface area contributed by atoms with Crippen molar-refractivity contribution in [3.63, 3.8) is 0 Å². The molecular formula is C13H14FN3. The molecular weight excluding hydrogens is 217 g/mol. The van der Waals surface area contributed by atoms with Crippen LogP contribution in [0.15, 0.2) is 42.6 Å². The van der Waals surface area contributed by atoms with E-state index >= 15 is 0 Å². The summed E-state index contributed by atoms with van der Waals surface area (Å²) >= 11 is 0. The molecule has 3 nitrogen and oxygen atoms in total. The Labute approximate surface area is 99.5 Å². The summed E-state index contributed by atoms with van der Waals surface area (Å²) in [5.74, 6) is -0.127. The first-order valence-corrected chi connectivity index (χ1v) is 5.46. The molecule has 0 amide bonds. The molecule has 0 fully saturated rings. The lowest BCUT2D eigenvalue weighted by atomic mass is 10.1. The largest absolute Gasteiger partial charge is 0.338 e. The van der Waals surface area contributed by atoms with E-state index < -0.39 is 0 Å². The smallest absolute Gasteiger partial charge is 0.166 e. The molecule has 17 heavy (non-hydrogen) atoms. The maximum absolute atomic E-state index is 13.3. The standard InChI is InChI=1S/C13H14FN3/c14-12-2-1-9-16-13(12)17-11-5-3-10(4-6-11)7-8-15/h1-6,9H,7-8,15H2,(H,16,17). The number of nitrogens with zero attached hydrogens (tertiary/aromatic N) is 1. The zero-order valence-corrected chi connectivity index (χ0v) is 9.36. The van der Waals surface area contributed by atoms with Crippen LogP contribution in [0, 0.1) is 5.82 Å². The predicted molar refractivity (Wildman–Crippen MR) is 66.7 cm³/mol. The van der Waals surface area contributed by atoms with Crippen LogP contribution in [0.25, 0.3) is 0 Å². The molecule has 1 aromatic carbocycles. The summed E-state index contributed by atoms with van der Waals surface area (Å²) in [7, 11) is 0. The van der Waals surface area contributed by atoms with Crippen molar-refractivity contribution in [2.75, 3.05) is 11.9 Å². The van der Waals surface area contributed by atoms with E-state index in [1.807, 2.05) is 24.3 Å². The molecule has 88 valence electrons. The second-order valence-electron chi connectivity index (χ2n) is 3.69. The van der Waals surface area contributed by atoms with Crippen LogP contribution >= 0.6 is 0 Å². The van der Waals surface area contributed by atoms with Gasteiger partial charge in [-0.2, -0.15) is 0 Å². The number of pyridine rings is 1. The van der Waals surface area contributed by atoms with E-state index in [4.69, 9.17) is 5.73 Å². The fraction of sp³-hybridized carbons (Fsp3) is 0.154. The molecule has 0 unspecified atom stereocenters. The summed E-state index contributed by atoms with van der Waals surface area (Å²) < 4.78 is 13.3. The van der Waals surface area contributed by atoms with E-state index in [0.29, 0.717) is 6.54 Å². The third kappa shape index (κ3) is 3.01. The minimum absolute atomic E-state index is 0.235. The zero-order valence-electron chi connectivity index (χ0n) is 9.36. The number of nitrogens with one attached hydrogen (secondary N) is 1. The van der Waals surface area contributed by atoms with Crippen molar-refractivity contribution in [3.8, 4) is 0 Å². The number of aromatic nitrogens is 1. The Morgan fingerprint density at radius 3 is 2.59 bits per heavy atom. The van der Waals surface area contributed by atoms with E-state index in [2.05, 4.69) is 10.3 Å². The zero-order chi connectivity index (χ0) is 12.1. The highest BCUT2D eigenvalue weighted by Crippen LogP contribution is 2.17. The van der Waals surface area contributed by atoms with Crippen molar-refractivity contribution in [2.45, 2.75) is 6.42 Å². The summed E-state index contributed by atoms with van der Waals surface area (Å²) in [6.45, 7) is 0.627. The average Bonchev–Trinajstić information content (AvgIpc) is 2.35. The van der Waals surface area contributed by atoms with Crippen LogP contribution < -0.4 is 11.1 Å². The molecule has 3 N–H and O–H groups in total. The first-order valence-electron chi connectivity index (χ1n) is 5.46. The molecule has 0 atom stereocenters. The minimum Gasteiger partial charge on any atom is -0.338 e. The Morgan fingerprint density at radius 1 is 1.18 bits per heavy atom. The van der Waals surface area contributed by atoms with Gasteiger partial charge >= 0.3 is 0 Å². The molecule has 1 aromatic heterocycles. The van der Waals surface area contributed by atoms with Gasteiger partial charge in [0.1, 0.15) is 0 Å². The molecule has 0 bridgehead atoms. The van der Waals surface area contributed by atoms with Gasteiger partial charge in [-0.15, -0.1) is 0 Å². The molecule has 2 aromatic rings. The number of hydrogen-bond donors (Lipinski definition) is 2. The Hall–Kier alpha value is -1.94. The second kappa shape index (κ2) is 5.41. The molecule has 2 rings (SSSR count). The molecule has 0 aliphatic heterocycles. The van der Waals surface area contributed by atoms with Crippen molar-refractivity contribution in [3.05, 3.63) is 54.0 Å². The quantitative estimate of drug-likeness (QED) is 0.849. The highest BCUT2D eigenvalue weighted by atomic mass is 19.1. The fourth-order valence-corrected chi connectivity index (χ4v) is 1.54. The van der Waals surface area contributed by atoms with Gasteiger partial charge < -0.3 is 11.1 Å². The maximum Gasteiger partial charge on any atom is 0.166 e. The molecule has 0 radical (unpaired) electrons. The number of nitrogens with two attached hydrogens (primary N) is 1. The first kappa shape index (κ1) is 11.5. The molecule has 0 saturated carbocycles. The Kier molecular flexibility index (Phi) is 3.67. The third-order valence-electron chi connectivity index (χ3n) is 2.41. The van der Waals surface area contributed by atoms with Crippen LogP contribution in [-0.2, 0) is 6.42 Å². The van der Waals surface area contributed by atoms with Gasteiger partial charge in [-0.1, -0.05) is 12.1 Å². The van der Waals surface area contributed by atoms with Crippen molar-refractivity contribution in [2.24, 2.45) is 5.73 Å². The topological polar surface area (TPSA) is 50.9 Å². The molecule has 0 saturated heterocycles. The van der Waals surface area contributed by atoms with Gasteiger partial charge in [0.2, 0.25) is 0 Å². The Balaban J connectivity index is 2.11. The molecule has 0 aliphatic carbocycles. The third-order valence-corrected chi connectivity index (χ3v) is 2.41. The average molecular weight is 231 g/mol. The van der Waals surface area contributed by atoms with Crippen LogP contribution in [0.2, 0.25) is 0 Å². The van der Waals surface area contributed by atoms with E-state index in [1.54, 1.807) is 12.3 Å². The van der Waals surface area contributed by atoms with Gasteiger partial charge in [0.15, 0.2) is 11.6 Å². The Bertz CT molecular complexity index is 482. The number of benzene rings is 1. The minimum atomic E-state index is -0.362. The molecule has 4 heteroatoms. The van der Waals surface area contributed by atoms with E-state index in [9.17, 15) is 4.39 Å². The van der Waals surface area contributed by atoms with Gasteiger partial charge in [-0.05, 0) is 42.8 Å². The number of hydrogen-bond acceptors (Lipinski definition) is 3. The van der Waals surface area contributed by atoms with Crippen LogP contribution in [0.3, 0.4) is 0 Å². The lowest BCUT2D eigenvalue weighted by Gasteiger charge is -2.07. The molecule has 0 spiro atoms. The van der Waals surface area contributed by atoms with Crippen LogP contribution in [0.5, 0.6) is 0 Å². The summed E-state index contributed by atoms with van der Waals surface area (Å²) in [4.78, 5) is 3.93. The summed E-state index contributed by atoms with van der Waals surface area (Å²) in [6, 6.07) is 10.6. The highest BCUT2D eigenvalue weighted by Gasteiger charge is 2.02. The van der Waals surface area contributed by atoms with E-state index in [-0.39, 0.29) is 11.6 Å². The number of anilines is 2. The molecule has 1 heterocycles. The monoisotopic (exact) mass is 231 g/mol. The predicted octanol–water partition coefficient (Wildman–Crippen LogP) is 2.47. The normalized spacial score (nSPS) is 10.2. The van der Waals surface area contributed by atoms with Crippen molar-refractivity contribution in [1.82, 2.24) is 4.98 Å². The summed E-state index contributed by atoms with van der Waals surface area (Å²) in [6.07, 6.45) is 2.40. The van der Waals surface area contributed by atoms with Crippen molar-refractivity contribution >= 4 is 11.5 Å². The van der Waals surface area contributed by atoms with Crippen LogP contribution in [-0.4, -0.2) is 11.5 Å². The lowest BCUT2D eigenvalue weighted by molar-refractivity contribution is 0.626. The van der Waals surface area contributed by atoms with Crippen LogP contribution in [0.4, 0.5) is 15.9 Å². The van der Waals surface area contributed by atoms with E-state index in [0.717, 1.165) is 12.1 Å². The summed E-state index contributed by atoms with van der Waals surface area (Å²) in [5, 5.41) is 2.92. The van der Waals surface area contributed by atoms with Gasteiger partial charge in [-0.25, -0.2) is 9.37 Å². The SMILES string of the molecule is NCCc1ccc(Nc2ncccc2F)cc1. The Morgan fingerprint density at radius 2 is 1.94 bits per heavy atom. The van der Waals surface area contributed by atoms with E-state index in [1.165, 1.54) is 11.6 Å². The lowest BCUT2D eigenvalue weighted by Crippen LogP contribution is -2.02. The fourth-order valence-electron chi connectivity index (χ4n) is 1.54. The van der Waals surface area contributed by atoms with Gasteiger partial charge in [0.05, 0.1) is 0 Å². The van der Waals surface area contributed by atoms with Crippen molar-refractivity contribution in [1.29, 1.82) is 0 Å².